The second-order valence-corrected chi connectivity index (χ2v) is 6.90. The quantitative estimate of drug-likeness (QED) is 0.552. The lowest BCUT2D eigenvalue weighted by Gasteiger charge is -2.36. The van der Waals surface area contributed by atoms with Gasteiger partial charge in [0.2, 0.25) is 11.9 Å². The Kier molecular flexibility index (Phi) is 5.22. The van der Waals surface area contributed by atoms with Gasteiger partial charge in [0.05, 0.1) is 30.8 Å². The van der Waals surface area contributed by atoms with Gasteiger partial charge in [0.1, 0.15) is 0 Å². The third-order valence-electron chi connectivity index (χ3n) is 5.26. The summed E-state index contributed by atoms with van der Waals surface area (Å²) < 4.78 is 4.67. The van der Waals surface area contributed by atoms with Crippen molar-refractivity contribution in [3.05, 3.63) is 48.3 Å². The van der Waals surface area contributed by atoms with E-state index in [1.807, 2.05) is 4.90 Å². The molecule has 0 radical (unpaired) electrons. The zero-order valence-electron chi connectivity index (χ0n) is 16.0. The fourth-order valence-electron chi connectivity index (χ4n) is 3.72. The van der Waals surface area contributed by atoms with Crippen LogP contribution in [0.15, 0.2) is 42.7 Å². The molecule has 2 saturated heterocycles. The minimum Gasteiger partial charge on any atom is -0.465 e. The summed E-state index contributed by atoms with van der Waals surface area (Å²) in [5.74, 6) is -0.257. The first kappa shape index (κ1) is 19.0. The summed E-state index contributed by atoms with van der Waals surface area (Å²) in [4.78, 5) is 51.0. The number of amides is 2. The van der Waals surface area contributed by atoms with E-state index in [2.05, 4.69) is 19.6 Å². The van der Waals surface area contributed by atoms with Crippen molar-refractivity contribution in [2.45, 2.75) is 12.5 Å². The highest BCUT2D eigenvalue weighted by Gasteiger charge is 2.43. The van der Waals surface area contributed by atoms with Gasteiger partial charge >= 0.3 is 5.97 Å². The largest absolute Gasteiger partial charge is 0.465 e. The smallest absolute Gasteiger partial charge is 0.337 e. The molecular formula is C20H21N5O4. The monoisotopic (exact) mass is 395 g/mol. The van der Waals surface area contributed by atoms with E-state index in [0.29, 0.717) is 43.4 Å². The molecule has 4 rings (SSSR count). The van der Waals surface area contributed by atoms with E-state index >= 15 is 0 Å². The van der Waals surface area contributed by atoms with Crippen LogP contribution >= 0.6 is 0 Å². The van der Waals surface area contributed by atoms with Crippen molar-refractivity contribution in [3.63, 3.8) is 0 Å². The summed E-state index contributed by atoms with van der Waals surface area (Å²) in [6.45, 7) is 2.68. The van der Waals surface area contributed by atoms with Crippen molar-refractivity contribution in [2.24, 2.45) is 0 Å². The van der Waals surface area contributed by atoms with Gasteiger partial charge in [-0.15, -0.1) is 0 Å². The van der Waals surface area contributed by atoms with Crippen molar-refractivity contribution in [1.29, 1.82) is 0 Å². The molecule has 2 fully saturated rings. The van der Waals surface area contributed by atoms with E-state index in [1.165, 1.54) is 12.0 Å². The van der Waals surface area contributed by atoms with Crippen molar-refractivity contribution in [2.75, 3.05) is 43.1 Å². The Morgan fingerprint density at radius 2 is 1.69 bits per heavy atom. The van der Waals surface area contributed by atoms with Crippen LogP contribution in [0.2, 0.25) is 0 Å². The van der Waals surface area contributed by atoms with Crippen LogP contribution in [0.1, 0.15) is 16.8 Å². The molecule has 0 unspecified atom stereocenters. The highest BCUT2D eigenvalue weighted by Crippen LogP contribution is 2.27. The Morgan fingerprint density at radius 3 is 2.31 bits per heavy atom. The number of aromatic nitrogens is 2. The second kappa shape index (κ2) is 7.96. The van der Waals surface area contributed by atoms with Crippen LogP contribution in [0, 0.1) is 0 Å². The molecule has 0 N–H and O–H groups in total. The SMILES string of the molecule is COC(=O)c1ccc(N2C(=O)C[C@H](N3CCN(c4ncccn4)CC3)C2=O)cc1. The fraction of sp³-hybridized carbons (Fsp3) is 0.350. The van der Waals surface area contributed by atoms with Crippen molar-refractivity contribution in [3.8, 4) is 0 Å². The number of esters is 1. The van der Waals surface area contributed by atoms with E-state index in [0.717, 1.165) is 0 Å². The Balaban J connectivity index is 1.43. The number of nitrogens with zero attached hydrogens (tertiary/aromatic N) is 5. The molecule has 2 aliphatic heterocycles. The maximum absolute atomic E-state index is 13.0. The van der Waals surface area contributed by atoms with Gasteiger partial charge in [0.15, 0.2) is 0 Å². The van der Waals surface area contributed by atoms with E-state index < -0.39 is 12.0 Å². The predicted molar refractivity (Wildman–Crippen MR) is 104 cm³/mol. The number of methoxy groups -OCH3 is 1. The van der Waals surface area contributed by atoms with E-state index in [4.69, 9.17) is 0 Å². The minimum absolute atomic E-state index is 0.152. The van der Waals surface area contributed by atoms with Crippen LogP contribution in [-0.2, 0) is 14.3 Å². The average Bonchev–Trinajstić information content (AvgIpc) is 3.08. The number of rotatable bonds is 4. The summed E-state index contributed by atoms with van der Waals surface area (Å²) in [5.41, 5.74) is 0.831. The molecule has 9 nitrogen and oxygen atoms in total. The number of benzene rings is 1. The molecule has 2 aliphatic rings. The first-order valence-electron chi connectivity index (χ1n) is 9.39. The second-order valence-electron chi connectivity index (χ2n) is 6.90. The molecule has 9 heteroatoms. The number of piperazine rings is 1. The van der Waals surface area contributed by atoms with Crippen molar-refractivity contribution in [1.82, 2.24) is 14.9 Å². The zero-order valence-corrected chi connectivity index (χ0v) is 16.0. The van der Waals surface area contributed by atoms with Crippen LogP contribution in [0.4, 0.5) is 11.6 Å². The summed E-state index contributed by atoms with van der Waals surface area (Å²) in [6, 6.07) is 7.59. The summed E-state index contributed by atoms with van der Waals surface area (Å²) >= 11 is 0. The number of carbonyl (C=O) groups is 3. The van der Waals surface area contributed by atoms with Gasteiger partial charge in [0.25, 0.3) is 5.91 Å². The van der Waals surface area contributed by atoms with Crippen LogP contribution in [0.25, 0.3) is 0 Å². The number of ether oxygens (including phenoxy) is 1. The molecule has 2 amide bonds. The van der Waals surface area contributed by atoms with Gasteiger partial charge < -0.3 is 9.64 Å². The van der Waals surface area contributed by atoms with Crippen molar-refractivity contribution < 1.29 is 19.1 Å². The van der Waals surface area contributed by atoms with Crippen LogP contribution < -0.4 is 9.80 Å². The number of anilines is 2. The topological polar surface area (TPSA) is 95.9 Å². The van der Waals surface area contributed by atoms with E-state index in [-0.39, 0.29) is 18.2 Å². The summed E-state index contributed by atoms with van der Waals surface area (Å²) in [7, 11) is 1.30. The predicted octanol–water partition coefficient (Wildman–Crippen LogP) is 0.717. The van der Waals surface area contributed by atoms with Gasteiger partial charge in [-0.2, -0.15) is 0 Å². The molecular weight excluding hydrogens is 374 g/mol. The molecule has 0 saturated carbocycles. The van der Waals surface area contributed by atoms with E-state index in [1.54, 1.807) is 42.7 Å². The maximum atomic E-state index is 13.0. The highest BCUT2D eigenvalue weighted by atomic mass is 16.5. The van der Waals surface area contributed by atoms with Gasteiger partial charge in [-0.25, -0.2) is 19.7 Å². The third-order valence-corrected chi connectivity index (χ3v) is 5.26. The molecule has 150 valence electrons. The average molecular weight is 395 g/mol. The molecule has 29 heavy (non-hydrogen) atoms. The maximum Gasteiger partial charge on any atom is 0.337 e. The van der Waals surface area contributed by atoms with Crippen LogP contribution in [0.3, 0.4) is 0 Å². The van der Waals surface area contributed by atoms with Gasteiger partial charge in [-0.1, -0.05) is 0 Å². The Labute approximate surface area is 167 Å². The molecule has 0 aliphatic carbocycles. The Hall–Kier alpha value is -3.33. The summed E-state index contributed by atoms with van der Waals surface area (Å²) in [5, 5.41) is 0. The van der Waals surface area contributed by atoms with Crippen LogP contribution in [0.5, 0.6) is 0 Å². The Bertz CT molecular complexity index is 910. The zero-order chi connectivity index (χ0) is 20.4. The highest BCUT2D eigenvalue weighted by molar-refractivity contribution is 6.22. The lowest BCUT2D eigenvalue weighted by Crippen LogP contribution is -2.53. The third kappa shape index (κ3) is 3.68. The number of hydrogen-bond donors (Lipinski definition) is 0. The number of carbonyl (C=O) groups excluding carboxylic acids is 3. The number of imide groups is 1. The van der Waals surface area contributed by atoms with Gasteiger partial charge in [0, 0.05) is 38.6 Å². The summed E-state index contributed by atoms with van der Waals surface area (Å²) in [6.07, 6.45) is 3.56. The Morgan fingerprint density at radius 1 is 1.03 bits per heavy atom. The van der Waals surface area contributed by atoms with Crippen LogP contribution in [-0.4, -0.2) is 72.0 Å². The minimum atomic E-state index is -0.471. The molecule has 1 aromatic heterocycles. The first-order chi connectivity index (χ1) is 14.1. The van der Waals surface area contributed by atoms with Crippen molar-refractivity contribution >= 4 is 29.4 Å². The lowest BCUT2D eigenvalue weighted by atomic mass is 10.1. The normalized spacial score (nSPS) is 20.2. The molecule has 1 aromatic carbocycles. The molecule has 3 heterocycles. The lowest BCUT2D eigenvalue weighted by molar-refractivity contribution is -0.123. The molecule has 2 aromatic rings. The number of hydrogen-bond acceptors (Lipinski definition) is 8. The molecule has 0 spiro atoms. The first-order valence-corrected chi connectivity index (χ1v) is 9.39. The van der Waals surface area contributed by atoms with Gasteiger partial charge in [-0.3, -0.25) is 14.5 Å². The molecule has 0 bridgehead atoms. The van der Waals surface area contributed by atoms with Gasteiger partial charge in [-0.05, 0) is 30.3 Å². The fourth-order valence-corrected chi connectivity index (χ4v) is 3.72. The molecule has 1 atom stereocenters. The standard InChI is InChI=1S/C20H21N5O4/c1-29-19(28)14-3-5-15(6-4-14)25-17(26)13-16(18(25)27)23-9-11-24(12-10-23)20-21-7-2-8-22-20/h2-8,16H,9-13H2,1H3/t16-/m0/s1. The van der Waals surface area contributed by atoms with E-state index in [9.17, 15) is 14.4 Å².